The van der Waals surface area contributed by atoms with Gasteiger partial charge in [-0.05, 0) is 46.6 Å². The third-order valence-electron chi connectivity index (χ3n) is 3.88. The van der Waals surface area contributed by atoms with Crippen LogP contribution in [-0.2, 0) is 4.79 Å². The molecule has 0 radical (unpaired) electrons. The van der Waals surface area contributed by atoms with E-state index in [-0.39, 0.29) is 5.41 Å². The fraction of sp³-hybridized carbons (Fsp3) is 0.929. The quantitative estimate of drug-likeness (QED) is 0.800. The molecule has 1 saturated heterocycles. The van der Waals surface area contributed by atoms with E-state index in [9.17, 15) is 4.79 Å². The summed E-state index contributed by atoms with van der Waals surface area (Å²) >= 11 is 0. The van der Waals surface area contributed by atoms with Gasteiger partial charge < -0.3 is 10.2 Å². The zero-order valence-corrected chi connectivity index (χ0v) is 11.9. The van der Waals surface area contributed by atoms with Crippen LogP contribution in [0.5, 0.6) is 0 Å². The largest absolute Gasteiger partial charge is 0.340 e. The standard InChI is InChI=1S/C14H28N2O/c1-5-8-14(9-7-10-15-11-14)13(17)16(6-2)12(3)4/h12,15H,5-11H2,1-4H3. The smallest absolute Gasteiger partial charge is 0.230 e. The van der Waals surface area contributed by atoms with Gasteiger partial charge in [-0.2, -0.15) is 0 Å². The highest BCUT2D eigenvalue weighted by atomic mass is 16.2. The molecule has 0 aromatic heterocycles. The summed E-state index contributed by atoms with van der Waals surface area (Å²) in [5, 5.41) is 3.41. The molecule has 1 rings (SSSR count). The summed E-state index contributed by atoms with van der Waals surface area (Å²) in [6.45, 7) is 11.2. The van der Waals surface area contributed by atoms with E-state index in [0.29, 0.717) is 11.9 Å². The van der Waals surface area contributed by atoms with Crippen molar-refractivity contribution in [3.8, 4) is 0 Å². The van der Waals surface area contributed by atoms with E-state index in [0.717, 1.165) is 45.3 Å². The predicted octanol–water partition coefficient (Wildman–Crippen LogP) is 2.41. The molecule has 0 aromatic carbocycles. The molecule has 1 fully saturated rings. The topological polar surface area (TPSA) is 32.3 Å². The van der Waals surface area contributed by atoms with E-state index in [4.69, 9.17) is 0 Å². The number of carbonyl (C=O) groups excluding carboxylic acids is 1. The Balaban J connectivity index is 2.85. The van der Waals surface area contributed by atoms with Crippen LogP contribution in [0, 0.1) is 5.41 Å². The zero-order chi connectivity index (χ0) is 12.9. The van der Waals surface area contributed by atoms with Gasteiger partial charge in [0.2, 0.25) is 5.91 Å². The molecule has 1 aliphatic heterocycles. The number of rotatable bonds is 5. The van der Waals surface area contributed by atoms with Crippen LogP contribution >= 0.6 is 0 Å². The number of piperidine rings is 1. The number of nitrogens with one attached hydrogen (secondary N) is 1. The van der Waals surface area contributed by atoms with Crippen molar-refractivity contribution in [2.24, 2.45) is 5.41 Å². The van der Waals surface area contributed by atoms with Gasteiger partial charge in [-0.15, -0.1) is 0 Å². The summed E-state index contributed by atoms with van der Waals surface area (Å²) in [6, 6.07) is 0.308. The molecule has 17 heavy (non-hydrogen) atoms. The van der Waals surface area contributed by atoms with Crippen molar-refractivity contribution in [1.29, 1.82) is 0 Å². The molecule has 1 unspecified atom stereocenters. The monoisotopic (exact) mass is 240 g/mol. The van der Waals surface area contributed by atoms with Crippen molar-refractivity contribution in [2.75, 3.05) is 19.6 Å². The minimum absolute atomic E-state index is 0.132. The van der Waals surface area contributed by atoms with E-state index in [1.54, 1.807) is 0 Å². The van der Waals surface area contributed by atoms with E-state index in [2.05, 4.69) is 33.0 Å². The molecule has 0 spiro atoms. The highest BCUT2D eigenvalue weighted by Gasteiger charge is 2.41. The Labute approximate surface area is 106 Å². The first-order chi connectivity index (χ1) is 8.07. The maximum absolute atomic E-state index is 12.8. The molecule has 1 atom stereocenters. The first-order valence-electron chi connectivity index (χ1n) is 7.09. The molecule has 0 aliphatic carbocycles. The van der Waals surface area contributed by atoms with E-state index < -0.39 is 0 Å². The van der Waals surface area contributed by atoms with Gasteiger partial charge in [-0.25, -0.2) is 0 Å². The van der Waals surface area contributed by atoms with Crippen LogP contribution in [0.4, 0.5) is 0 Å². The molecule has 1 amide bonds. The molecule has 3 nitrogen and oxygen atoms in total. The molecular formula is C14H28N2O. The maximum atomic E-state index is 12.8. The van der Waals surface area contributed by atoms with E-state index in [1.165, 1.54) is 0 Å². The lowest BCUT2D eigenvalue weighted by molar-refractivity contribution is -0.145. The van der Waals surface area contributed by atoms with Crippen molar-refractivity contribution in [3.05, 3.63) is 0 Å². The second-order valence-corrected chi connectivity index (χ2v) is 5.50. The zero-order valence-electron chi connectivity index (χ0n) is 11.9. The molecule has 100 valence electrons. The van der Waals surface area contributed by atoms with Crippen LogP contribution in [0.1, 0.15) is 53.4 Å². The maximum Gasteiger partial charge on any atom is 0.230 e. The van der Waals surface area contributed by atoms with Crippen LogP contribution in [0.25, 0.3) is 0 Å². The lowest BCUT2D eigenvalue weighted by Gasteiger charge is -2.41. The fourth-order valence-electron chi connectivity index (χ4n) is 3.00. The van der Waals surface area contributed by atoms with Gasteiger partial charge in [0, 0.05) is 19.1 Å². The Hall–Kier alpha value is -0.570. The summed E-state index contributed by atoms with van der Waals surface area (Å²) < 4.78 is 0. The Kier molecular flexibility index (Phi) is 5.44. The van der Waals surface area contributed by atoms with Crippen LogP contribution in [0.2, 0.25) is 0 Å². The summed E-state index contributed by atoms with van der Waals surface area (Å²) in [6.07, 6.45) is 4.28. The molecule has 0 saturated carbocycles. The minimum Gasteiger partial charge on any atom is -0.340 e. The molecule has 1 aliphatic rings. The van der Waals surface area contributed by atoms with Crippen LogP contribution < -0.4 is 5.32 Å². The molecule has 3 heteroatoms. The van der Waals surface area contributed by atoms with Crippen molar-refractivity contribution in [1.82, 2.24) is 10.2 Å². The van der Waals surface area contributed by atoms with Crippen LogP contribution in [-0.4, -0.2) is 36.5 Å². The lowest BCUT2D eigenvalue weighted by atomic mass is 9.75. The Bertz CT molecular complexity index is 239. The van der Waals surface area contributed by atoms with Gasteiger partial charge in [0.15, 0.2) is 0 Å². The average molecular weight is 240 g/mol. The third-order valence-corrected chi connectivity index (χ3v) is 3.88. The number of amides is 1. The molecule has 0 aromatic rings. The second-order valence-electron chi connectivity index (χ2n) is 5.50. The van der Waals surface area contributed by atoms with Gasteiger partial charge in [0.1, 0.15) is 0 Å². The Morgan fingerprint density at radius 3 is 2.53 bits per heavy atom. The Morgan fingerprint density at radius 1 is 1.41 bits per heavy atom. The highest BCUT2D eigenvalue weighted by molar-refractivity contribution is 5.83. The van der Waals surface area contributed by atoms with Gasteiger partial charge in [-0.1, -0.05) is 13.3 Å². The van der Waals surface area contributed by atoms with Gasteiger partial charge in [0.25, 0.3) is 0 Å². The van der Waals surface area contributed by atoms with Crippen molar-refractivity contribution < 1.29 is 4.79 Å². The van der Waals surface area contributed by atoms with Crippen LogP contribution in [0.3, 0.4) is 0 Å². The normalized spacial score (nSPS) is 25.0. The third kappa shape index (κ3) is 3.21. The summed E-state index contributed by atoms with van der Waals surface area (Å²) in [7, 11) is 0. The minimum atomic E-state index is -0.132. The predicted molar refractivity (Wildman–Crippen MR) is 72.0 cm³/mol. The van der Waals surface area contributed by atoms with Gasteiger partial charge in [-0.3, -0.25) is 4.79 Å². The molecule has 0 bridgehead atoms. The van der Waals surface area contributed by atoms with E-state index >= 15 is 0 Å². The number of carbonyl (C=O) groups is 1. The van der Waals surface area contributed by atoms with Crippen molar-refractivity contribution in [3.63, 3.8) is 0 Å². The molecular weight excluding hydrogens is 212 g/mol. The fourth-order valence-corrected chi connectivity index (χ4v) is 3.00. The van der Waals surface area contributed by atoms with Gasteiger partial charge >= 0.3 is 0 Å². The van der Waals surface area contributed by atoms with Crippen molar-refractivity contribution >= 4 is 5.91 Å². The number of nitrogens with zero attached hydrogens (tertiary/aromatic N) is 1. The van der Waals surface area contributed by atoms with Crippen LogP contribution in [0.15, 0.2) is 0 Å². The highest BCUT2D eigenvalue weighted by Crippen LogP contribution is 2.34. The average Bonchev–Trinajstić information content (AvgIpc) is 2.31. The first kappa shape index (κ1) is 14.5. The molecule has 1 N–H and O–H groups in total. The Morgan fingerprint density at radius 2 is 2.12 bits per heavy atom. The SMILES string of the molecule is CCCC1(C(=O)N(CC)C(C)C)CCCNC1. The second kappa shape index (κ2) is 6.39. The summed E-state index contributed by atoms with van der Waals surface area (Å²) in [5.41, 5.74) is -0.132. The van der Waals surface area contributed by atoms with Gasteiger partial charge in [0.05, 0.1) is 5.41 Å². The summed E-state index contributed by atoms with van der Waals surface area (Å²) in [5.74, 6) is 0.365. The lowest BCUT2D eigenvalue weighted by Crippen LogP contribution is -2.53. The number of hydrogen-bond donors (Lipinski definition) is 1. The number of hydrogen-bond acceptors (Lipinski definition) is 2. The summed E-state index contributed by atoms with van der Waals surface area (Å²) in [4.78, 5) is 14.8. The van der Waals surface area contributed by atoms with E-state index in [1.807, 2.05) is 4.90 Å². The first-order valence-corrected chi connectivity index (χ1v) is 7.09. The van der Waals surface area contributed by atoms with Crippen molar-refractivity contribution in [2.45, 2.75) is 59.4 Å². The molecule has 1 heterocycles.